The number of aliphatic hydroxyl groups excluding tert-OH is 2. The molecule has 0 radical (unpaired) electrons. The van der Waals surface area contributed by atoms with Crippen LogP contribution in [-0.4, -0.2) is 35.0 Å². The summed E-state index contributed by atoms with van der Waals surface area (Å²) in [4.78, 5) is 0. The van der Waals surface area contributed by atoms with E-state index >= 15 is 0 Å². The third-order valence-corrected chi connectivity index (χ3v) is 2.46. The molecule has 2 unspecified atom stereocenters. The third kappa shape index (κ3) is 4.72. The molecular formula is C11H12ClF3O3. The Morgan fingerprint density at radius 2 is 1.72 bits per heavy atom. The molecule has 0 aromatic heterocycles. The van der Waals surface area contributed by atoms with Crippen molar-refractivity contribution in [2.45, 2.75) is 18.4 Å². The van der Waals surface area contributed by atoms with Gasteiger partial charge < -0.3 is 14.9 Å². The van der Waals surface area contributed by atoms with E-state index in [0.29, 0.717) is 5.56 Å². The van der Waals surface area contributed by atoms with Crippen LogP contribution in [-0.2, 0) is 0 Å². The molecule has 0 saturated carbocycles. The minimum absolute atomic E-state index is 0.0311. The summed E-state index contributed by atoms with van der Waals surface area (Å²) in [6.07, 6.45) is -6.71. The van der Waals surface area contributed by atoms with E-state index < -0.39 is 25.0 Å². The van der Waals surface area contributed by atoms with Gasteiger partial charge in [-0.2, -0.15) is 13.2 Å². The third-order valence-electron chi connectivity index (χ3n) is 2.15. The smallest absolute Gasteiger partial charge is 0.422 e. The molecule has 0 aliphatic carbocycles. The van der Waals surface area contributed by atoms with Gasteiger partial charge in [-0.05, 0) is 17.7 Å². The van der Waals surface area contributed by atoms with Crippen molar-refractivity contribution in [2.75, 3.05) is 12.5 Å². The number of benzene rings is 1. The van der Waals surface area contributed by atoms with Crippen molar-refractivity contribution < 1.29 is 28.1 Å². The fourth-order valence-electron chi connectivity index (χ4n) is 1.23. The van der Waals surface area contributed by atoms with Crippen LogP contribution >= 0.6 is 11.6 Å². The first-order valence-electron chi connectivity index (χ1n) is 5.05. The predicted octanol–water partition coefficient (Wildman–Crippen LogP) is 2.26. The summed E-state index contributed by atoms with van der Waals surface area (Å²) >= 11 is 5.37. The molecule has 0 bridgehead atoms. The number of halogens is 4. The molecule has 0 saturated heterocycles. The molecule has 3 nitrogen and oxygen atoms in total. The number of rotatable bonds is 5. The zero-order chi connectivity index (χ0) is 13.8. The first-order chi connectivity index (χ1) is 8.33. The van der Waals surface area contributed by atoms with Gasteiger partial charge in [0.25, 0.3) is 0 Å². The lowest BCUT2D eigenvalue weighted by Gasteiger charge is -2.16. The molecule has 0 spiro atoms. The summed E-state index contributed by atoms with van der Waals surface area (Å²) in [6, 6.07) is 5.30. The van der Waals surface area contributed by atoms with Crippen LogP contribution in [0, 0.1) is 0 Å². The molecular weight excluding hydrogens is 273 g/mol. The Hall–Kier alpha value is -0.980. The van der Waals surface area contributed by atoms with E-state index in [9.17, 15) is 23.4 Å². The number of hydrogen-bond acceptors (Lipinski definition) is 3. The van der Waals surface area contributed by atoms with Crippen molar-refractivity contribution in [3.05, 3.63) is 29.8 Å². The van der Waals surface area contributed by atoms with Crippen molar-refractivity contribution >= 4 is 11.6 Å². The maximum Gasteiger partial charge on any atom is 0.422 e. The van der Waals surface area contributed by atoms with Crippen molar-refractivity contribution in [3.8, 4) is 5.75 Å². The van der Waals surface area contributed by atoms with Crippen LogP contribution < -0.4 is 4.74 Å². The lowest BCUT2D eigenvalue weighted by Crippen LogP contribution is -2.20. The Morgan fingerprint density at radius 1 is 1.17 bits per heavy atom. The normalized spacial score (nSPS) is 15.2. The molecule has 0 fully saturated rings. The van der Waals surface area contributed by atoms with Gasteiger partial charge in [-0.3, -0.25) is 0 Å². The molecule has 0 aliphatic heterocycles. The summed E-state index contributed by atoms with van der Waals surface area (Å²) in [7, 11) is 0. The molecule has 0 amide bonds. The van der Waals surface area contributed by atoms with E-state index in [0.717, 1.165) is 0 Å². The summed E-state index contributed by atoms with van der Waals surface area (Å²) in [5, 5.41) is 18.9. The average molecular weight is 285 g/mol. The van der Waals surface area contributed by atoms with Gasteiger partial charge in [-0.25, -0.2) is 0 Å². The topological polar surface area (TPSA) is 49.7 Å². The number of alkyl halides is 4. The van der Waals surface area contributed by atoms with Crippen molar-refractivity contribution in [1.82, 2.24) is 0 Å². The standard InChI is InChI=1S/C11H12ClF3O3/c12-5-9(16)10(17)7-1-3-8(4-2-7)18-6-11(13,14)15/h1-4,9-10,16-17H,5-6H2. The van der Waals surface area contributed by atoms with Gasteiger partial charge in [0.2, 0.25) is 0 Å². The zero-order valence-electron chi connectivity index (χ0n) is 9.19. The molecule has 0 heterocycles. The van der Waals surface area contributed by atoms with Crippen molar-refractivity contribution in [1.29, 1.82) is 0 Å². The highest BCUT2D eigenvalue weighted by atomic mass is 35.5. The average Bonchev–Trinajstić information content (AvgIpc) is 2.34. The van der Waals surface area contributed by atoms with Crippen molar-refractivity contribution in [3.63, 3.8) is 0 Å². The monoisotopic (exact) mass is 284 g/mol. The lowest BCUT2D eigenvalue weighted by atomic mass is 10.1. The maximum atomic E-state index is 11.9. The number of aliphatic hydroxyl groups is 2. The zero-order valence-corrected chi connectivity index (χ0v) is 9.95. The Balaban J connectivity index is 2.63. The van der Waals surface area contributed by atoms with Gasteiger partial charge in [0.15, 0.2) is 6.61 Å². The Bertz CT molecular complexity index is 367. The second-order valence-electron chi connectivity index (χ2n) is 3.64. The highest BCUT2D eigenvalue weighted by Gasteiger charge is 2.28. The SMILES string of the molecule is OC(CCl)C(O)c1ccc(OCC(F)(F)F)cc1. The van der Waals surface area contributed by atoms with E-state index in [1.54, 1.807) is 0 Å². The molecule has 7 heteroatoms. The van der Waals surface area contributed by atoms with E-state index in [-0.39, 0.29) is 11.6 Å². The molecule has 0 aliphatic rings. The Kier molecular flexibility index (Phi) is 5.25. The highest BCUT2D eigenvalue weighted by molar-refractivity contribution is 6.18. The van der Waals surface area contributed by atoms with Gasteiger partial charge in [-0.1, -0.05) is 12.1 Å². The number of ether oxygens (including phenoxy) is 1. The summed E-state index contributed by atoms with van der Waals surface area (Å²) in [5.74, 6) is -0.114. The van der Waals surface area contributed by atoms with E-state index in [4.69, 9.17) is 11.6 Å². The molecule has 102 valence electrons. The Labute approximate surface area is 107 Å². The first kappa shape index (κ1) is 15.1. The van der Waals surface area contributed by atoms with Crippen LogP contribution in [0.4, 0.5) is 13.2 Å². The first-order valence-corrected chi connectivity index (χ1v) is 5.58. The van der Waals surface area contributed by atoms with Crippen LogP contribution in [0.15, 0.2) is 24.3 Å². The van der Waals surface area contributed by atoms with Gasteiger partial charge >= 0.3 is 6.18 Å². The van der Waals surface area contributed by atoms with Gasteiger partial charge in [0, 0.05) is 0 Å². The molecule has 1 rings (SSSR count). The van der Waals surface area contributed by atoms with E-state index in [2.05, 4.69) is 4.74 Å². The second-order valence-corrected chi connectivity index (χ2v) is 3.95. The molecule has 1 aromatic carbocycles. The molecule has 2 N–H and O–H groups in total. The van der Waals surface area contributed by atoms with Crippen LogP contribution in [0.1, 0.15) is 11.7 Å². The largest absolute Gasteiger partial charge is 0.484 e. The maximum absolute atomic E-state index is 11.9. The van der Waals surface area contributed by atoms with Crippen LogP contribution in [0.5, 0.6) is 5.75 Å². The second kappa shape index (κ2) is 6.26. The Morgan fingerprint density at radius 3 is 2.17 bits per heavy atom. The fourth-order valence-corrected chi connectivity index (χ4v) is 1.40. The van der Waals surface area contributed by atoms with Gasteiger partial charge in [0.05, 0.1) is 12.0 Å². The quantitative estimate of drug-likeness (QED) is 0.816. The van der Waals surface area contributed by atoms with Crippen molar-refractivity contribution in [2.24, 2.45) is 0 Å². The minimum Gasteiger partial charge on any atom is -0.484 e. The molecule has 18 heavy (non-hydrogen) atoms. The van der Waals surface area contributed by atoms with Crippen LogP contribution in [0.25, 0.3) is 0 Å². The van der Waals surface area contributed by atoms with E-state index in [1.807, 2.05) is 0 Å². The van der Waals surface area contributed by atoms with Crippen LogP contribution in [0.2, 0.25) is 0 Å². The summed E-state index contributed by atoms with van der Waals surface area (Å²) < 4.78 is 40.2. The number of hydrogen-bond donors (Lipinski definition) is 2. The molecule has 2 atom stereocenters. The van der Waals surface area contributed by atoms with E-state index in [1.165, 1.54) is 24.3 Å². The minimum atomic E-state index is -4.40. The molecule has 1 aromatic rings. The lowest BCUT2D eigenvalue weighted by molar-refractivity contribution is -0.153. The van der Waals surface area contributed by atoms with Gasteiger partial charge in [0.1, 0.15) is 11.9 Å². The summed E-state index contributed by atoms with van der Waals surface area (Å²) in [6.45, 7) is -1.38. The summed E-state index contributed by atoms with van der Waals surface area (Å²) in [5.41, 5.74) is 0.350. The highest BCUT2D eigenvalue weighted by Crippen LogP contribution is 2.22. The fraction of sp³-hybridized carbons (Fsp3) is 0.455. The van der Waals surface area contributed by atoms with Gasteiger partial charge in [-0.15, -0.1) is 11.6 Å². The predicted molar refractivity (Wildman–Crippen MR) is 59.7 cm³/mol. The van der Waals surface area contributed by atoms with Crippen LogP contribution in [0.3, 0.4) is 0 Å².